The number of nitrogens with zero attached hydrogens (tertiary/aromatic N) is 2. The number of imidazole rings is 1. The van der Waals surface area contributed by atoms with Crippen LogP contribution >= 0.6 is 0 Å². The fourth-order valence-corrected chi connectivity index (χ4v) is 6.17. The van der Waals surface area contributed by atoms with Crippen molar-refractivity contribution in [3.8, 4) is 5.69 Å². The molecule has 0 amide bonds. The summed E-state index contributed by atoms with van der Waals surface area (Å²) in [5.74, 6) is 1.49. The lowest BCUT2D eigenvalue weighted by atomic mass is 10.0. The van der Waals surface area contributed by atoms with Gasteiger partial charge in [-0.1, -0.05) is 173 Å². The Morgan fingerprint density at radius 1 is 0.475 bits per heavy atom. The van der Waals surface area contributed by atoms with Crippen molar-refractivity contribution < 1.29 is 4.57 Å². The van der Waals surface area contributed by atoms with E-state index in [-0.39, 0.29) is 0 Å². The van der Waals surface area contributed by atoms with Crippen LogP contribution in [-0.2, 0) is 13.0 Å². The molecule has 0 radical (unpaired) electrons. The highest BCUT2D eigenvalue weighted by molar-refractivity contribution is 5.31. The van der Waals surface area contributed by atoms with Crippen LogP contribution in [-0.4, -0.2) is 4.57 Å². The third-order valence-corrected chi connectivity index (χ3v) is 8.80. The second-order valence-corrected chi connectivity index (χ2v) is 12.5. The van der Waals surface area contributed by atoms with Crippen LogP contribution in [0.5, 0.6) is 0 Å². The minimum absolute atomic E-state index is 1.17. The van der Waals surface area contributed by atoms with Gasteiger partial charge in [0.05, 0.1) is 6.54 Å². The Morgan fingerprint density at radius 3 is 1.32 bits per heavy atom. The molecule has 0 saturated carbocycles. The molecule has 228 valence electrons. The minimum atomic E-state index is 1.17. The van der Waals surface area contributed by atoms with Gasteiger partial charge in [0.2, 0.25) is 0 Å². The van der Waals surface area contributed by atoms with Crippen LogP contribution in [0.3, 0.4) is 0 Å². The molecule has 0 aliphatic rings. The zero-order valence-electron chi connectivity index (χ0n) is 27.0. The van der Waals surface area contributed by atoms with Crippen molar-refractivity contribution in [2.75, 3.05) is 0 Å². The lowest BCUT2D eigenvalue weighted by Gasteiger charge is -2.07. The van der Waals surface area contributed by atoms with E-state index >= 15 is 0 Å². The van der Waals surface area contributed by atoms with Crippen LogP contribution in [0.2, 0.25) is 0 Å². The summed E-state index contributed by atoms with van der Waals surface area (Å²) in [5, 5.41) is 0. The van der Waals surface area contributed by atoms with Gasteiger partial charge < -0.3 is 0 Å². The van der Waals surface area contributed by atoms with Gasteiger partial charge in [0, 0.05) is 6.42 Å². The van der Waals surface area contributed by atoms with E-state index < -0.39 is 0 Å². The predicted octanol–water partition coefficient (Wildman–Crippen LogP) is 12.1. The number of rotatable bonds is 28. The van der Waals surface area contributed by atoms with Gasteiger partial charge >= 0.3 is 0 Å². The number of aryl methyl sites for hydroxylation is 1. The summed E-state index contributed by atoms with van der Waals surface area (Å²) in [6.07, 6.45) is 41.3. The fraction of sp³-hybridized carbons (Fsp3) is 0.763. The fourth-order valence-electron chi connectivity index (χ4n) is 6.17. The molecule has 0 unspecified atom stereocenters. The molecule has 1 aromatic heterocycles. The van der Waals surface area contributed by atoms with Gasteiger partial charge in [-0.25, -0.2) is 4.57 Å². The molecule has 0 aliphatic carbocycles. The highest BCUT2D eigenvalue weighted by atomic mass is 15.1. The lowest BCUT2D eigenvalue weighted by molar-refractivity contribution is -0.704. The van der Waals surface area contributed by atoms with Crippen LogP contribution in [0, 0.1) is 0 Å². The highest BCUT2D eigenvalue weighted by Gasteiger charge is 2.18. The molecular weight excluding hydrogens is 484 g/mol. The minimum Gasteiger partial charge on any atom is -0.234 e. The van der Waals surface area contributed by atoms with Gasteiger partial charge in [0.25, 0.3) is 5.82 Å². The molecule has 0 aliphatic heterocycles. The van der Waals surface area contributed by atoms with E-state index in [1.54, 1.807) is 0 Å². The third kappa shape index (κ3) is 16.6. The molecular formula is C38H67N2+. The van der Waals surface area contributed by atoms with Crippen molar-refractivity contribution in [2.24, 2.45) is 0 Å². The van der Waals surface area contributed by atoms with E-state index in [1.807, 2.05) is 0 Å². The Hall–Kier alpha value is -1.57. The zero-order chi connectivity index (χ0) is 28.4. The standard InChI is InChI=1S/C38H67N2/c1-3-5-7-9-11-13-14-15-16-17-18-19-20-21-23-25-30-34-39-35-36-40(37-31-27-26-28-32-37)38(39)33-29-24-22-12-10-8-6-4-2/h26-28,31-32,35-36H,3-25,29-30,33-34H2,1-2H3/q+1. The second-order valence-electron chi connectivity index (χ2n) is 12.5. The van der Waals surface area contributed by atoms with Crippen LogP contribution in [0.4, 0.5) is 0 Å². The normalized spacial score (nSPS) is 11.4. The monoisotopic (exact) mass is 552 g/mol. The molecule has 0 saturated heterocycles. The molecule has 2 heteroatoms. The van der Waals surface area contributed by atoms with Crippen LogP contribution < -0.4 is 4.57 Å². The number of aromatic nitrogens is 2. The van der Waals surface area contributed by atoms with Crippen molar-refractivity contribution in [1.82, 2.24) is 4.57 Å². The smallest absolute Gasteiger partial charge is 0.234 e. The van der Waals surface area contributed by atoms with Gasteiger partial charge in [-0.15, -0.1) is 0 Å². The summed E-state index contributed by atoms with van der Waals surface area (Å²) in [7, 11) is 0. The Kier molecular flexibility index (Phi) is 21.8. The first-order chi connectivity index (χ1) is 19.9. The van der Waals surface area contributed by atoms with Crippen molar-refractivity contribution in [1.29, 1.82) is 0 Å². The maximum atomic E-state index is 2.56. The Bertz CT molecular complexity index is 793. The van der Waals surface area contributed by atoms with Crippen molar-refractivity contribution in [3.05, 3.63) is 48.5 Å². The number of benzene rings is 1. The number of para-hydroxylation sites is 1. The average Bonchev–Trinajstić information content (AvgIpc) is 3.39. The quantitative estimate of drug-likeness (QED) is 0.0734. The number of hydrogen-bond donors (Lipinski definition) is 0. The molecule has 40 heavy (non-hydrogen) atoms. The molecule has 2 nitrogen and oxygen atoms in total. The molecule has 2 rings (SSSR count). The van der Waals surface area contributed by atoms with Crippen molar-refractivity contribution >= 4 is 0 Å². The topological polar surface area (TPSA) is 8.81 Å². The van der Waals surface area contributed by atoms with E-state index in [9.17, 15) is 0 Å². The van der Waals surface area contributed by atoms with E-state index in [2.05, 4.69) is 65.7 Å². The summed E-state index contributed by atoms with van der Waals surface area (Å²) < 4.78 is 4.99. The molecule has 0 spiro atoms. The molecule has 0 fully saturated rings. The maximum absolute atomic E-state index is 2.56. The van der Waals surface area contributed by atoms with Gasteiger partial charge in [-0.05, 0) is 31.4 Å². The molecule has 1 aromatic carbocycles. The van der Waals surface area contributed by atoms with E-state index in [4.69, 9.17) is 0 Å². The molecule has 0 bridgehead atoms. The molecule has 2 aromatic rings. The van der Waals surface area contributed by atoms with Crippen LogP contribution in [0.25, 0.3) is 5.69 Å². The zero-order valence-corrected chi connectivity index (χ0v) is 27.0. The predicted molar refractivity (Wildman–Crippen MR) is 176 cm³/mol. The SMILES string of the molecule is CCCCCCCCCCCCCCCCCCC[n+]1ccn(-c2ccccc2)c1CCCCCCCCCC. The van der Waals surface area contributed by atoms with Crippen LogP contribution in [0.1, 0.15) is 180 Å². The first kappa shape index (κ1) is 34.6. The van der Waals surface area contributed by atoms with Gasteiger partial charge in [0.15, 0.2) is 0 Å². The van der Waals surface area contributed by atoms with E-state index in [0.29, 0.717) is 0 Å². The summed E-state index contributed by atoms with van der Waals surface area (Å²) in [6, 6.07) is 10.9. The second kappa shape index (κ2) is 25.2. The van der Waals surface area contributed by atoms with Crippen molar-refractivity contribution in [3.63, 3.8) is 0 Å². The summed E-state index contributed by atoms with van der Waals surface area (Å²) in [5.41, 5.74) is 1.30. The van der Waals surface area contributed by atoms with E-state index in [0.717, 1.165) is 0 Å². The highest BCUT2D eigenvalue weighted by Crippen LogP contribution is 2.16. The Morgan fingerprint density at radius 2 is 0.875 bits per heavy atom. The van der Waals surface area contributed by atoms with Gasteiger partial charge in [-0.2, -0.15) is 4.57 Å². The Labute approximate surface area is 250 Å². The maximum Gasteiger partial charge on any atom is 0.261 e. The largest absolute Gasteiger partial charge is 0.261 e. The van der Waals surface area contributed by atoms with Crippen LogP contribution in [0.15, 0.2) is 42.7 Å². The molecule has 0 atom stereocenters. The average molecular weight is 552 g/mol. The van der Waals surface area contributed by atoms with Gasteiger partial charge in [-0.3, -0.25) is 0 Å². The van der Waals surface area contributed by atoms with E-state index in [1.165, 1.54) is 185 Å². The first-order valence-corrected chi connectivity index (χ1v) is 18.0. The third-order valence-electron chi connectivity index (χ3n) is 8.80. The molecule has 1 heterocycles. The number of hydrogen-bond acceptors (Lipinski definition) is 0. The van der Waals surface area contributed by atoms with Gasteiger partial charge in [0.1, 0.15) is 18.1 Å². The number of unbranched alkanes of at least 4 members (excludes halogenated alkanes) is 23. The summed E-state index contributed by atoms with van der Waals surface area (Å²) >= 11 is 0. The summed E-state index contributed by atoms with van der Waals surface area (Å²) in [4.78, 5) is 0. The molecule has 0 N–H and O–H groups in total. The summed E-state index contributed by atoms with van der Waals surface area (Å²) in [6.45, 7) is 5.78. The Balaban J connectivity index is 1.55. The van der Waals surface area contributed by atoms with Crippen molar-refractivity contribution in [2.45, 2.75) is 187 Å². The lowest BCUT2D eigenvalue weighted by Crippen LogP contribution is -2.37. The first-order valence-electron chi connectivity index (χ1n) is 18.0.